The Hall–Kier alpha value is -2.82. The maximum Gasteiger partial charge on any atom is 0.227 e. The van der Waals surface area contributed by atoms with Gasteiger partial charge in [0.05, 0.1) is 18.7 Å². The largest absolute Gasteiger partial charge is 0.461 e. The molecule has 0 bridgehead atoms. The van der Waals surface area contributed by atoms with Crippen LogP contribution in [0.25, 0.3) is 11.5 Å². The summed E-state index contributed by atoms with van der Waals surface area (Å²) in [4.78, 5) is 12.4. The van der Waals surface area contributed by atoms with E-state index in [0.29, 0.717) is 23.8 Å². The van der Waals surface area contributed by atoms with Gasteiger partial charge in [-0.2, -0.15) is 0 Å². The molecule has 1 amide bonds. The normalized spacial score (nSPS) is 12.0. The third-order valence-electron chi connectivity index (χ3n) is 3.69. The first kappa shape index (κ1) is 15.1. The van der Waals surface area contributed by atoms with Gasteiger partial charge in [-0.25, -0.2) is 0 Å². The first-order valence-electron chi connectivity index (χ1n) is 7.60. The Bertz CT molecular complexity index is 748. The summed E-state index contributed by atoms with van der Waals surface area (Å²) in [6.07, 6.45) is 2.32. The van der Waals surface area contributed by atoms with Gasteiger partial charge in [-0.3, -0.25) is 4.79 Å². The highest BCUT2D eigenvalue weighted by molar-refractivity contribution is 5.83. The molecule has 1 atom stereocenters. The molecule has 2 aromatic heterocycles. The highest BCUT2D eigenvalue weighted by atomic mass is 16.5. The number of amides is 1. The predicted octanol–water partition coefficient (Wildman–Crippen LogP) is 3.74. The summed E-state index contributed by atoms with van der Waals surface area (Å²) in [6, 6.07) is 15.1. The van der Waals surface area contributed by atoms with E-state index in [9.17, 15) is 4.79 Å². The van der Waals surface area contributed by atoms with Crippen LogP contribution in [0.15, 0.2) is 63.7 Å². The maximum absolute atomic E-state index is 12.4. The summed E-state index contributed by atoms with van der Waals surface area (Å²) in [5, 5.41) is 6.87. The van der Waals surface area contributed by atoms with Gasteiger partial charge in [0, 0.05) is 6.07 Å². The molecular formula is C18H18N2O3. The molecule has 0 saturated heterocycles. The minimum atomic E-state index is -0.160. The lowest BCUT2D eigenvalue weighted by Gasteiger charge is -2.14. The molecule has 3 aromatic rings. The molecule has 0 spiro atoms. The molecule has 5 nitrogen and oxygen atoms in total. The Kier molecular flexibility index (Phi) is 4.57. The fourth-order valence-electron chi connectivity index (χ4n) is 2.49. The van der Waals surface area contributed by atoms with Crippen LogP contribution >= 0.6 is 0 Å². The molecule has 2 heterocycles. The van der Waals surface area contributed by atoms with Crippen molar-refractivity contribution in [2.45, 2.75) is 25.8 Å². The number of nitrogens with one attached hydrogen (secondary N) is 1. The van der Waals surface area contributed by atoms with Gasteiger partial charge in [-0.15, -0.1) is 0 Å². The van der Waals surface area contributed by atoms with Crippen molar-refractivity contribution in [1.29, 1.82) is 0 Å². The molecule has 3 rings (SSSR count). The van der Waals surface area contributed by atoms with Crippen LogP contribution in [0, 0.1) is 0 Å². The molecule has 0 fully saturated rings. The molecule has 0 aliphatic heterocycles. The number of hydrogen-bond acceptors (Lipinski definition) is 4. The lowest BCUT2D eigenvalue weighted by Crippen LogP contribution is -2.28. The van der Waals surface area contributed by atoms with E-state index < -0.39 is 0 Å². The SMILES string of the molecule is CCC(C(=O)NCc1cc(-c2ccco2)on1)c1ccccc1. The van der Waals surface area contributed by atoms with Gasteiger partial charge in [-0.05, 0) is 24.1 Å². The molecular weight excluding hydrogens is 292 g/mol. The van der Waals surface area contributed by atoms with Crippen molar-refractivity contribution in [1.82, 2.24) is 10.5 Å². The number of furan rings is 1. The monoisotopic (exact) mass is 310 g/mol. The highest BCUT2D eigenvalue weighted by Crippen LogP contribution is 2.21. The summed E-state index contributed by atoms with van der Waals surface area (Å²) >= 11 is 0. The second kappa shape index (κ2) is 6.96. The minimum Gasteiger partial charge on any atom is -0.461 e. The van der Waals surface area contributed by atoms with Gasteiger partial charge in [0.25, 0.3) is 0 Å². The number of benzene rings is 1. The van der Waals surface area contributed by atoms with Crippen molar-refractivity contribution in [3.8, 4) is 11.5 Å². The average Bonchev–Trinajstić information content (AvgIpc) is 3.26. The van der Waals surface area contributed by atoms with E-state index in [4.69, 9.17) is 8.94 Å². The average molecular weight is 310 g/mol. The highest BCUT2D eigenvalue weighted by Gasteiger charge is 2.18. The molecule has 1 N–H and O–H groups in total. The smallest absolute Gasteiger partial charge is 0.227 e. The van der Waals surface area contributed by atoms with E-state index in [-0.39, 0.29) is 11.8 Å². The van der Waals surface area contributed by atoms with Gasteiger partial charge in [0.1, 0.15) is 5.69 Å². The van der Waals surface area contributed by atoms with Crippen LogP contribution in [0.1, 0.15) is 30.5 Å². The molecule has 1 aromatic carbocycles. The molecule has 0 aliphatic rings. The third kappa shape index (κ3) is 3.51. The summed E-state index contributed by atoms with van der Waals surface area (Å²) < 4.78 is 10.5. The maximum atomic E-state index is 12.4. The number of hydrogen-bond donors (Lipinski definition) is 1. The summed E-state index contributed by atoms with van der Waals surface area (Å²) in [5.41, 5.74) is 1.68. The quantitative estimate of drug-likeness (QED) is 0.753. The number of nitrogens with zero attached hydrogens (tertiary/aromatic N) is 1. The van der Waals surface area contributed by atoms with E-state index in [2.05, 4.69) is 10.5 Å². The van der Waals surface area contributed by atoms with Crippen molar-refractivity contribution >= 4 is 5.91 Å². The first-order chi connectivity index (χ1) is 11.3. The van der Waals surface area contributed by atoms with Gasteiger partial charge in [0.2, 0.25) is 11.7 Å². The molecule has 0 aliphatic carbocycles. The summed E-state index contributed by atoms with van der Waals surface area (Å²) in [6.45, 7) is 2.33. The van der Waals surface area contributed by atoms with E-state index in [1.54, 1.807) is 24.5 Å². The van der Waals surface area contributed by atoms with Crippen molar-refractivity contribution in [3.63, 3.8) is 0 Å². The zero-order chi connectivity index (χ0) is 16.1. The second-order valence-corrected chi connectivity index (χ2v) is 5.25. The third-order valence-corrected chi connectivity index (χ3v) is 3.69. The van der Waals surface area contributed by atoms with Gasteiger partial charge in [0.15, 0.2) is 5.76 Å². The topological polar surface area (TPSA) is 68.3 Å². The lowest BCUT2D eigenvalue weighted by atomic mass is 9.96. The second-order valence-electron chi connectivity index (χ2n) is 5.25. The Balaban J connectivity index is 1.62. The number of carbonyl (C=O) groups excluding carboxylic acids is 1. The Labute approximate surface area is 134 Å². The summed E-state index contributed by atoms with van der Waals surface area (Å²) in [7, 11) is 0. The molecule has 0 radical (unpaired) electrons. The van der Waals surface area contributed by atoms with Crippen molar-refractivity contribution in [3.05, 3.63) is 66.1 Å². The van der Waals surface area contributed by atoms with Gasteiger partial charge < -0.3 is 14.3 Å². The van der Waals surface area contributed by atoms with Crippen LogP contribution in [0.4, 0.5) is 0 Å². The van der Waals surface area contributed by atoms with Crippen LogP contribution in [-0.4, -0.2) is 11.1 Å². The number of rotatable bonds is 6. The van der Waals surface area contributed by atoms with Crippen molar-refractivity contribution in [2.75, 3.05) is 0 Å². The first-order valence-corrected chi connectivity index (χ1v) is 7.60. The number of aromatic nitrogens is 1. The lowest BCUT2D eigenvalue weighted by molar-refractivity contribution is -0.122. The molecule has 5 heteroatoms. The fourth-order valence-corrected chi connectivity index (χ4v) is 2.49. The Morgan fingerprint density at radius 1 is 1.17 bits per heavy atom. The van der Waals surface area contributed by atoms with Crippen LogP contribution in [0.5, 0.6) is 0 Å². The predicted molar refractivity (Wildman–Crippen MR) is 85.5 cm³/mol. The fraction of sp³-hybridized carbons (Fsp3) is 0.222. The Morgan fingerprint density at radius 3 is 2.70 bits per heavy atom. The van der Waals surface area contributed by atoms with E-state index in [1.807, 2.05) is 37.3 Å². The summed E-state index contributed by atoms with van der Waals surface area (Å²) in [5.74, 6) is 0.994. The van der Waals surface area contributed by atoms with Crippen LogP contribution in [0.2, 0.25) is 0 Å². The molecule has 1 unspecified atom stereocenters. The Morgan fingerprint density at radius 2 is 2.00 bits per heavy atom. The van der Waals surface area contributed by atoms with Gasteiger partial charge >= 0.3 is 0 Å². The van der Waals surface area contributed by atoms with E-state index >= 15 is 0 Å². The molecule has 23 heavy (non-hydrogen) atoms. The standard InChI is InChI=1S/C18H18N2O3/c1-2-15(13-7-4-3-5-8-13)18(21)19-12-14-11-17(23-20-14)16-9-6-10-22-16/h3-11,15H,2,12H2,1H3,(H,19,21). The molecule has 0 saturated carbocycles. The number of carbonyl (C=O) groups is 1. The van der Waals surface area contributed by atoms with Gasteiger partial charge in [-0.1, -0.05) is 42.4 Å². The zero-order valence-corrected chi connectivity index (χ0v) is 12.9. The van der Waals surface area contributed by atoms with E-state index in [1.165, 1.54) is 0 Å². The zero-order valence-electron chi connectivity index (χ0n) is 12.9. The van der Waals surface area contributed by atoms with Crippen LogP contribution in [0.3, 0.4) is 0 Å². The van der Waals surface area contributed by atoms with Crippen LogP contribution < -0.4 is 5.32 Å². The van der Waals surface area contributed by atoms with E-state index in [0.717, 1.165) is 12.0 Å². The van der Waals surface area contributed by atoms with Crippen molar-refractivity contribution < 1.29 is 13.7 Å². The van der Waals surface area contributed by atoms with Crippen molar-refractivity contribution in [2.24, 2.45) is 0 Å². The van der Waals surface area contributed by atoms with Crippen LogP contribution in [-0.2, 0) is 11.3 Å². The molecule has 118 valence electrons. The minimum absolute atomic E-state index is 0.0127.